The topological polar surface area (TPSA) is 29.3 Å². The highest BCUT2D eigenvalue weighted by Gasteiger charge is 2.09. The zero-order valence-corrected chi connectivity index (χ0v) is 12.2. The van der Waals surface area contributed by atoms with Crippen molar-refractivity contribution < 1.29 is 0 Å². The lowest BCUT2D eigenvalue weighted by molar-refractivity contribution is 0.236. The number of anilines is 1. The molecule has 1 aromatic rings. The average molecular weight is 248 g/mol. The van der Waals surface area contributed by atoms with E-state index in [9.17, 15) is 0 Å². The van der Waals surface area contributed by atoms with E-state index in [1.54, 1.807) is 0 Å². The summed E-state index contributed by atoms with van der Waals surface area (Å²) in [6, 6.07) is 8.26. The van der Waals surface area contributed by atoms with E-state index in [1.165, 1.54) is 24.9 Å². The van der Waals surface area contributed by atoms with Gasteiger partial charge in [0.05, 0.1) is 0 Å². The Morgan fingerprint density at radius 3 is 2.17 bits per heavy atom. The number of benzene rings is 1. The van der Waals surface area contributed by atoms with E-state index in [-0.39, 0.29) is 0 Å². The third-order valence-corrected chi connectivity index (χ3v) is 3.81. The molecule has 2 N–H and O–H groups in total. The Balaban J connectivity index is 2.41. The zero-order chi connectivity index (χ0) is 13.4. The second-order valence-corrected chi connectivity index (χ2v) is 5.07. The van der Waals surface area contributed by atoms with Crippen LogP contribution in [0.4, 0.5) is 5.69 Å². The molecule has 102 valence electrons. The number of nitrogens with zero attached hydrogens (tertiary/aromatic N) is 1. The normalized spacial score (nSPS) is 11.4. The molecule has 0 atom stereocenters. The second kappa shape index (κ2) is 8.15. The molecule has 0 heterocycles. The van der Waals surface area contributed by atoms with Crippen molar-refractivity contribution in [3.05, 3.63) is 29.8 Å². The number of nitrogens with two attached hydrogens (primary N) is 1. The molecule has 0 bridgehead atoms. The van der Waals surface area contributed by atoms with Crippen molar-refractivity contribution in [2.45, 2.75) is 40.0 Å². The summed E-state index contributed by atoms with van der Waals surface area (Å²) < 4.78 is 0. The predicted molar refractivity (Wildman–Crippen MR) is 80.7 cm³/mol. The average Bonchev–Trinajstić information content (AvgIpc) is 2.41. The molecule has 18 heavy (non-hydrogen) atoms. The van der Waals surface area contributed by atoms with Gasteiger partial charge in [0, 0.05) is 18.8 Å². The maximum atomic E-state index is 5.70. The van der Waals surface area contributed by atoms with Gasteiger partial charge in [-0.05, 0) is 36.6 Å². The van der Waals surface area contributed by atoms with Crippen LogP contribution in [-0.4, -0.2) is 24.5 Å². The van der Waals surface area contributed by atoms with Gasteiger partial charge in [0.1, 0.15) is 0 Å². The molecule has 0 aliphatic carbocycles. The van der Waals surface area contributed by atoms with Crippen LogP contribution in [0.5, 0.6) is 0 Å². The maximum Gasteiger partial charge on any atom is 0.0314 e. The van der Waals surface area contributed by atoms with Crippen molar-refractivity contribution in [1.29, 1.82) is 0 Å². The Hall–Kier alpha value is -1.02. The highest BCUT2D eigenvalue weighted by Crippen LogP contribution is 2.11. The van der Waals surface area contributed by atoms with E-state index in [0.717, 1.165) is 31.1 Å². The second-order valence-electron chi connectivity index (χ2n) is 5.07. The fourth-order valence-electron chi connectivity index (χ4n) is 2.26. The molecule has 0 saturated carbocycles. The lowest BCUT2D eigenvalue weighted by Crippen LogP contribution is -2.31. The minimum absolute atomic E-state index is 0.844. The van der Waals surface area contributed by atoms with E-state index in [1.807, 2.05) is 12.1 Å². The summed E-state index contributed by atoms with van der Waals surface area (Å²) >= 11 is 0. The summed E-state index contributed by atoms with van der Waals surface area (Å²) in [7, 11) is 0. The van der Waals surface area contributed by atoms with Crippen LogP contribution in [0.1, 0.15) is 39.2 Å². The van der Waals surface area contributed by atoms with Crippen molar-refractivity contribution in [2.24, 2.45) is 5.92 Å². The van der Waals surface area contributed by atoms with Crippen LogP contribution in [0.3, 0.4) is 0 Å². The lowest BCUT2D eigenvalue weighted by atomic mass is 10.0. The fraction of sp³-hybridized carbons (Fsp3) is 0.625. The molecule has 0 fully saturated rings. The number of rotatable bonds is 8. The van der Waals surface area contributed by atoms with Gasteiger partial charge in [0.15, 0.2) is 0 Å². The van der Waals surface area contributed by atoms with E-state index in [0.29, 0.717) is 0 Å². The molecule has 1 rings (SSSR count). The van der Waals surface area contributed by atoms with Gasteiger partial charge in [-0.15, -0.1) is 0 Å². The van der Waals surface area contributed by atoms with Crippen LogP contribution in [0.25, 0.3) is 0 Å². The van der Waals surface area contributed by atoms with Gasteiger partial charge in [-0.25, -0.2) is 0 Å². The summed E-state index contributed by atoms with van der Waals surface area (Å²) in [6.45, 7) is 10.4. The van der Waals surface area contributed by atoms with Crippen LogP contribution in [-0.2, 0) is 6.42 Å². The molecule has 0 spiro atoms. The maximum absolute atomic E-state index is 5.70. The fourth-order valence-corrected chi connectivity index (χ4v) is 2.26. The van der Waals surface area contributed by atoms with Gasteiger partial charge in [-0.1, -0.05) is 45.7 Å². The highest BCUT2D eigenvalue weighted by molar-refractivity contribution is 5.39. The van der Waals surface area contributed by atoms with Gasteiger partial charge < -0.3 is 10.6 Å². The summed E-state index contributed by atoms with van der Waals surface area (Å²) in [5.41, 5.74) is 7.93. The smallest absolute Gasteiger partial charge is 0.0314 e. The standard InChI is InChI=1S/C16H28N2/c1-4-14(5-2)13-18(6-3)12-11-15-7-9-16(17)10-8-15/h7-10,14H,4-6,11-13,17H2,1-3H3. The first-order chi connectivity index (χ1) is 8.69. The minimum Gasteiger partial charge on any atom is -0.399 e. The van der Waals surface area contributed by atoms with Gasteiger partial charge in [0.25, 0.3) is 0 Å². The van der Waals surface area contributed by atoms with Gasteiger partial charge in [-0.3, -0.25) is 0 Å². The number of likely N-dealkylation sites (N-methyl/N-ethyl adjacent to an activating group) is 1. The van der Waals surface area contributed by atoms with E-state index in [2.05, 4.69) is 37.8 Å². The summed E-state index contributed by atoms with van der Waals surface area (Å²) in [5, 5.41) is 0. The van der Waals surface area contributed by atoms with Crippen LogP contribution in [0.2, 0.25) is 0 Å². The van der Waals surface area contributed by atoms with Crippen molar-refractivity contribution >= 4 is 5.69 Å². The molecular weight excluding hydrogens is 220 g/mol. The Bertz CT molecular complexity index is 314. The van der Waals surface area contributed by atoms with Gasteiger partial charge >= 0.3 is 0 Å². The molecule has 0 aliphatic rings. The number of hydrogen-bond acceptors (Lipinski definition) is 2. The first-order valence-corrected chi connectivity index (χ1v) is 7.26. The molecule has 2 heteroatoms. The Kier molecular flexibility index (Phi) is 6.81. The number of nitrogen functional groups attached to an aromatic ring is 1. The third-order valence-electron chi connectivity index (χ3n) is 3.81. The van der Waals surface area contributed by atoms with Crippen LogP contribution in [0, 0.1) is 5.92 Å². The molecule has 2 nitrogen and oxygen atoms in total. The summed E-state index contributed by atoms with van der Waals surface area (Å²) in [6.07, 6.45) is 3.69. The van der Waals surface area contributed by atoms with Crippen LogP contribution in [0.15, 0.2) is 24.3 Å². The molecule has 0 radical (unpaired) electrons. The van der Waals surface area contributed by atoms with Gasteiger partial charge in [-0.2, -0.15) is 0 Å². The van der Waals surface area contributed by atoms with Crippen molar-refractivity contribution in [2.75, 3.05) is 25.4 Å². The first-order valence-electron chi connectivity index (χ1n) is 7.26. The third kappa shape index (κ3) is 5.09. The highest BCUT2D eigenvalue weighted by atomic mass is 15.1. The minimum atomic E-state index is 0.844. The van der Waals surface area contributed by atoms with Gasteiger partial charge in [0.2, 0.25) is 0 Å². The van der Waals surface area contributed by atoms with E-state index >= 15 is 0 Å². The van der Waals surface area contributed by atoms with Crippen molar-refractivity contribution in [1.82, 2.24) is 4.90 Å². The van der Waals surface area contributed by atoms with E-state index < -0.39 is 0 Å². The zero-order valence-electron chi connectivity index (χ0n) is 12.2. The molecule has 0 amide bonds. The number of hydrogen-bond donors (Lipinski definition) is 1. The monoisotopic (exact) mass is 248 g/mol. The molecule has 0 saturated heterocycles. The van der Waals surface area contributed by atoms with Crippen molar-refractivity contribution in [3.8, 4) is 0 Å². The first kappa shape index (κ1) is 15.0. The summed E-state index contributed by atoms with van der Waals surface area (Å²) in [4.78, 5) is 2.56. The molecular formula is C16H28N2. The molecule has 1 aromatic carbocycles. The van der Waals surface area contributed by atoms with Crippen LogP contribution >= 0.6 is 0 Å². The Morgan fingerprint density at radius 1 is 1.06 bits per heavy atom. The molecule has 0 aromatic heterocycles. The predicted octanol–water partition coefficient (Wildman–Crippen LogP) is 3.57. The largest absolute Gasteiger partial charge is 0.399 e. The van der Waals surface area contributed by atoms with Crippen molar-refractivity contribution in [3.63, 3.8) is 0 Å². The molecule has 0 unspecified atom stereocenters. The molecule has 0 aliphatic heterocycles. The SMILES string of the molecule is CCC(CC)CN(CC)CCc1ccc(N)cc1. The lowest BCUT2D eigenvalue weighted by Gasteiger charge is -2.25. The Morgan fingerprint density at radius 2 is 1.67 bits per heavy atom. The van der Waals surface area contributed by atoms with Crippen LogP contribution < -0.4 is 5.73 Å². The Labute approximate surface area is 112 Å². The quantitative estimate of drug-likeness (QED) is 0.713. The summed E-state index contributed by atoms with van der Waals surface area (Å²) in [5.74, 6) is 0.844. The van der Waals surface area contributed by atoms with E-state index in [4.69, 9.17) is 5.73 Å².